The van der Waals surface area contributed by atoms with Crippen molar-refractivity contribution in [1.82, 2.24) is 0 Å². The minimum Gasteiger partial charge on any atom is -0.507 e. The third-order valence-electron chi connectivity index (χ3n) is 4.73. The molecule has 28 heavy (non-hydrogen) atoms. The summed E-state index contributed by atoms with van der Waals surface area (Å²) in [5, 5.41) is 43.4. The second-order valence-electron chi connectivity index (χ2n) is 8.90. The van der Waals surface area contributed by atoms with E-state index in [1.165, 1.54) is 20.3 Å². The van der Waals surface area contributed by atoms with Crippen molar-refractivity contribution in [2.75, 3.05) is 14.2 Å². The van der Waals surface area contributed by atoms with E-state index in [0.29, 0.717) is 11.3 Å². The summed E-state index contributed by atoms with van der Waals surface area (Å²) in [6.45, 7) is 11.2. The van der Waals surface area contributed by atoms with Crippen molar-refractivity contribution in [3.63, 3.8) is 0 Å². The monoisotopic (exact) mass is 390 g/mol. The Labute approximate surface area is 166 Å². The van der Waals surface area contributed by atoms with Gasteiger partial charge in [-0.05, 0) is 23.0 Å². The van der Waals surface area contributed by atoms with Crippen molar-refractivity contribution in [2.24, 2.45) is 0 Å². The van der Waals surface area contributed by atoms with Gasteiger partial charge in [0, 0.05) is 16.7 Å². The quantitative estimate of drug-likeness (QED) is 0.601. The van der Waals surface area contributed by atoms with Gasteiger partial charge < -0.3 is 29.9 Å². The van der Waals surface area contributed by atoms with E-state index in [0.717, 1.165) is 0 Å². The largest absolute Gasteiger partial charge is 0.507 e. The average Bonchev–Trinajstić information content (AvgIpc) is 2.54. The molecule has 2 aromatic rings. The highest BCUT2D eigenvalue weighted by Crippen LogP contribution is 2.57. The first-order valence-electron chi connectivity index (χ1n) is 9.02. The molecule has 0 bridgehead atoms. The molecule has 0 fully saturated rings. The number of phenols is 4. The number of ether oxygens (including phenoxy) is 2. The summed E-state index contributed by atoms with van der Waals surface area (Å²) < 4.78 is 10.6. The lowest BCUT2D eigenvalue weighted by atomic mass is 9.80. The molecule has 0 aliphatic rings. The first-order chi connectivity index (χ1) is 12.8. The molecule has 0 amide bonds. The highest BCUT2D eigenvalue weighted by atomic mass is 16.5. The Balaban J connectivity index is 3.05. The SMILES string of the molecule is COc1cc(-c2c(O)c(OC)c(O)c(C(C)(C)C)c2O)c(O)c(C(C)(C)C)c1. The molecular weight excluding hydrogens is 360 g/mol. The van der Waals surface area contributed by atoms with E-state index in [1.807, 2.05) is 41.5 Å². The number of phenolic OH excluding ortho intramolecular Hbond substituents is 4. The number of rotatable bonds is 3. The van der Waals surface area contributed by atoms with Crippen molar-refractivity contribution >= 4 is 0 Å². The number of hydrogen-bond acceptors (Lipinski definition) is 6. The van der Waals surface area contributed by atoms with Crippen molar-refractivity contribution in [1.29, 1.82) is 0 Å². The maximum Gasteiger partial charge on any atom is 0.204 e. The number of hydrogen-bond donors (Lipinski definition) is 4. The normalized spacial score (nSPS) is 12.1. The Kier molecular flexibility index (Phi) is 5.39. The number of aromatic hydroxyl groups is 4. The summed E-state index contributed by atoms with van der Waals surface area (Å²) in [5.41, 5.74) is -0.135. The third kappa shape index (κ3) is 3.51. The zero-order chi connectivity index (χ0) is 21.6. The fraction of sp³-hybridized carbons (Fsp3) is 0.455. The number of methoxy groups -OCH3 is 2. The van der Waals surface area contributed by atoms with Gasteiger partial charge in [-0.3, -0.25) is 0 Å². The predicted molar refractivity (Wildman–Crippen MR) is 109 cm³/mol. The van der Waals surface area contributed by atoms with E-state index in [1.54, 1.807) is 6.07 Å². The predicted octanol–water partition coefficient (Wildman–Crippen LogP) is 4.79. The maximum atomic E-state index is 11.0. The highest BCUT2D eigenvalue weighted by molar-refractivity contribution is 5.88. The fourth-order valence-corrected chi connectivity index (χ4v) is 3.34. The molecule has 0 aromatic heterocycles. The smallest absolute Gasteiger partial charge is 0.204 e. The third-order valence-corrected chi connectivity index (χ3v) is 4.73. The van der Waals surface area contributed by atoms with Crippen LogP contribution in [0.4, 0.5) is 0 Å². The van der Waals surface area contributed by atoms with Gasteiger partial charge in [-0.15, -0.1) is 0 Å². The van der Waals surface area contributed by atoms with Crippen LogP contribution in [0.3, 0.4) is 0 Å². The molecule has 0 spiro atoms. The van der Waals surface area contributed by atoms with Crippen LogP contribution in [-0.4, -0.2) is 34.6 Å². The second-order valence-corrected chi connectivity index (χ2v) is 8.90. The minimum absolute atomic E-state index is 0.0264. The topological polar surface area (TPSA) is 99.4 Å². The van der Waals surface area contributed by atoms with Crippen molar-refractivity contribution in [3.05, 3.63) is 23.3 Å². The van der Waals surface area contributed by atoms with Gasteiger partial charge in [0.1, 0.15) is 17.2 Å². The first-order valence-corrected chi connectivity index (χ1v) is 9.02. The van der Waals surface area contributed by atoms with Crippen LogP contribution in [0.15, 0.2) is 12.1 Å². The van der Waals surface area contributed by atoms with Crippen molar-refractivity contribution in [2.45, 2.75) is 52.4 Å². The Bertz CT molecular complexity index is 901. The van der Waals surface area contributed by atoms with E-state index in [2.05, 4.69) is 0 Å². The van der Waals surface area contributed by atoms with Gasteiger partial charge in [0.15, 0.2) is 11.5 Å². The molecule has 2 aromatic carbocycles. The van der Waals surface area contributed by atoms with E-state index in [-0.39, 0.29) is 39.7 Å². The first kappa shape index (κ1) is 21.5. The molecule has 2 rings (SSSR count). The molecule has 154 valence electrons. The van der Waals surface area contributed by atoms with E-state index in [4.69, 9.17) is 9.47 Å². The van der Waals surface area contributed by atoms with E-state index in [9.17, 15) is 20.4 Å². The zero-order valence-electron chi connectivity index (χ0n) is 17.8. The van der Waals surface area contributed by atoms with Crippen LogP contribution in [0.2, 0.25) is 0 Å². The van der Waals surface area contributed by atoms with Gasteiger partial charge in [0.05, 0.1) is 19.8 Å². The summed E-state index contributed by atoms with van der Waals surface area (Å²) in [6, 6.07) is 3.25. The van der Waals surface area contributed by atoms with Gasteiger partial charge >= 0.3 is 0 Å². The van der Waals surface area contributed by atoms with Gasteiger partial charge in [0.2, 0.25) is 5.75 Å². The van der Waals surface area contributed by atoms with Crippen LogP contribution in [0.5, 0.6) is 34.5 Å². The van der Waals surface area contributed by atoms with Gasteiger partial charge in [-0.1, -0.05) is 41.5 Å². The van der Waals surface area contributed by atoms with Gasteiger partial charge in [-0.25, -0.2) is 0 Å². The Morgan fingerprint density at radius 3 is 1.68 bits per heavy atom. The minimum atomic E-state index is -0.661. The lowest BCUT2D eigenvalue weighted by Crippen LogP contribution is -2.14. The van der Waals surface area contributed by atoms with Gasteiger partial charge in [0.25, 0.3) is 0 Å². The molecule has 0 heterocycles. The van der Waals surface area contributed by atoms with Crippen LogP contribution in [-0.2, 0) is 10.8 Å². The summed E-state index contributed by atoms with van der Waals surface area (Å²) in [6.07, 6.45) is 0. The summed E-state index contributed by atoms with van der Waals surface area (Å²) >= 11 is 0. The van der Waals surface area contributed by atoms with Crippen LogP contribution in [0, 0.1) is 0 Å². The molecule has 0 saturated heterocycles. The standard InChI is InChI=1S/C22H30O6/c1-21(2,3)13-10-11(27-7)9-12(16(13)23)14-17(24)15(22(4,5)6)19(26)20(28-8)18(14)25/h9-10,23-26H,1-8H3. The summed E-state index contributed by atoms with van der Waals surface area (Å²) in [4.78, 5) is 0. The maximum absolute atomic E-state index is 11.0. The van der Waals surface area contributed by atoms with E-state index < -0.39 is 16.6 Å². The fourth-order valence-electron chi connectivity index (χ4n) is 3.34. The van der Waals surface area contributed by atoms with Crippen LogP contribution < -0.4 is 9.47 Å². The summed E-state index contributed by atoms with van der Waals surface area (Å²) in [5.74, 6) is -0.933. The highest BCUT2D eigenvalue weighted by Gasteiger charge is 2.34. The lowest BCUT2D eigenvalue weighted by Gasteiger charge is -2.27. The van der Waals surface area contributed by atoms with Crippen molar-refractivity contribution < 1.29 is 29.9 Å². The second kappa shape index (κ2) is 7.00. The molecule has 0 radical (unpaired) electrons. The molecule has 6 heteroatoms. The van der Waals surface area contributed by atoms with Crippen molar-refractivity contribution in [3.8, 4) is 45.6 Å². The molecule has 0 saturated carbocycles. The lowest BCUT2D eigenvalue weighted by molar-refractivity contribution is 0.331. The Hall–Kier alpha value is -2.76. The molecule has 0 atom stereocenters. The molecule has 0 unspecified atom stereocenters. The molecule has 6 nitrogen and oxygen atoms in total. The number of benzene rings is 2. The molecule has 4 N–H and O–H groups in total. The van der Waals surface area contributed by atoms with Crippen LogP contribution in [0.25, 0.3) is 11.1 Å². The van der Waals surface area contributed by atoms with E-state index >= 15 is 0 Å². The Morgan fingerprint density at radius 1 is 0.679 bits per heavy atom. The summed E-state index contributed by atoms with van der Waals surface area (Å²) in [7, 11) is 2.81. The van der Waals surface area contributed by atoms with Crippen LogP contribution >= 0.6 is 0 Å². The molecule has 0 aliphatic heterocycles. The van der Waals surface area contributed by atoms with Gasteiger partial charge in [-0.2, -0.15) is 0 Å². The molecule has 0 aliphatic carbocycles. The Morgan fingerprint density at radius 2 is 1.25 bits per heavy atom. The zero-order valence-corrected chi connectivity index (χ0v) is 17.8. The molecular formula is C22H30O6. The average molecular weight is 390 g/mol. The van der Waals surface area contributed by atoms with Crippen LogP contribution in [0.1, 0.15) is 52.7 Å².